The second kappa shape index (κ2) is 6.45. The molecular formula is C14H22N2OS. The van der Waals surface area contributed by atoms with Crippen LogP contribution in [0.15, 0.2) is 23.1 Å². The van der Waals surface area contributed by atoms with Crippen molar-refractivity contribution in [2.24, 2.45) is 0 Å². The molecule has 1 unspecified atom stereocenters. The van der Waals surface area contributed by atoms with Gasteiger partial charge in [-0.05, 0) is 31.2 Å². The van der Waals surface area contributed by atoms with E-state index in [0.29, 0.717) is 6.10 Å². The van der Waals surface area contributed by atoms with Crippen molar-refractivity contribution in [3.8, 4) is 0 Å². The van der Waals surface area contributed by atoms with Gasteiger partial charge in [0.25, 0.3) is 0 Å². The molecule has 2 N–H and O–H groups in total. The average Bonchev–Trinajstić information content (AvgIpc) is 2.40. The summed E-state index contributed by atoms with van der Waals surface area (Å²) in [6.45, 7) is 8.35. The van der Waals surface area contributed by atoms with Gasteiger partial charge in [0.2, 0.25) is 0 Å². The first-order chi connectivity index (χ1) is 8.69. The maximum atomic E-state index is 5.99. The molecule has 1 saturated heterocycles. The Morgan fingerprint density at radius 2 is 2.33 bits per heavy atom. The van der Waals surface area contributed by atoms with Gasteiger partial charge in [0.15, 0.2) is 0 Å². The fourth-order valence-corrected chi connectivity index (χ4v) is 3.19. The van der Waals surface area contributed by atoms with E-state index < -0.39 is 0 Å². The van der Waals surface area contributed by atoms with Gasteiger partial charge in [0, 0.05) is 29.4 Å². The fraction of sp³-hybridized carbons (Fsp3) is 0.571. The topological polar surface area (TPSA) is 38.5 Å². The molecule has 0 aromatic heterocycles. The smallest absolute Gasteiger partial charge is 0.0796 e. The molecule has 1 aliphatic heterocycles. The van der Waals surface area contributed by atoms with Crippen molar-refractivity contribution in [1.82, 2.24) is 4.90 Å². The summed E-state index contributed by atoms with van der Waals surface area (Å²) < 4.78 is 5.80. The minimum absolute atomic E-state index is 0.323. The predicted molar refractivity (Wildman–Crippen MR) is 78.2 cm³/mol. The van der Waals surface area contributed by atoms with E-state index >= 15 is 0 Å². The van der Waals surface area contributed by atoms with E-state index in [2.05, 4.69) is 30.9 Å². The van der Waals surface area contributed by atoms with E-state index in [1.54, 1.807) is 11.8 Å². The minimum atomic E-state index is 0.323. The van der Waals surface area contributed by atoms with Crippen molar-refractivity contribution in [2.75, 3.05) is 37.7 Å². The standard InChI is InChI=1S/C14H22N2OS/c1-3-16-6-7-17-12(9-16)10-18-14-8-11(2)4-5-13(14)15/h4-5,8,12H,3,6-7,9-10,15H2,1-2H3. The zero-order valence-electron chi connectivity index (χ0n) is 11.2. The lowest BCUT2D eigenvalue weighted by molar-refractivity contribution is -0.0137. The first-order valence-corrected chi connectivity index (χ1v) is 7.50. The molecule has 0 saturated carbocycles. The molecule has 18 heavy (non-hydrogen) atoms. The fourth-order valence-electron chi connectivity index (χ4n) is 2.12. The van der Waals surface area contributed by atoms with Crippen LogP contribution in [0.5, 0.6) is 0 Å². The number of hydrogen-bond acceptors (Lipinski definition) is 4. The summed E-state index contributed by atoms with van der Waals surface area (Å²) in [6.07, 6.45) is 0.323. The number of nitrogens with two attached hydrogens (primary N) is 1. The number of ether oxygens (including phenoxy) is 1. The first kappa shape index (κ1) is 13.7. The Balaban J connectivity index is 1.89. The highest BCUT2D eigenvalue weighted by molar-refractivity contribution is 7.99. The van der Waals surface area contributed by atoms with E-state index in [-0.39, 0.29) is 0 Å². The van der Waals surface area contributed by atoms with Crippen LogP contribution in [0.4, 0.5) is 5.69 Å². The molecule has 0 bridgehead atoms. The molecule has 1 heterocycles. The average molecular weight is 266 g/mol. The van der Waals surface area contributed by atoms with Crippen molar-refractivity contribution >= 4 is 17.4 Å². The molecular weight excluding hydrogens is 244 g/mol. The van der Waals surface area contributed by atoms with E-state index in [1.807, 2.05) is 6.07 Å². The van der Waals surface area contributed by atoms with E-state index in [4.69, 9.17) is 10.5 Å². The largest absolute Gasteiger partial charge is 0.398 e. The summed E-state index contributed by atoms with van der Waals surface area (Å²) in [6, 6.07) is 6.19. The molecule has 0 radical (unpaired) electrons. The lowest BCUT2D eigenvalue weighted by Gasteiger charge is -2.31. The molecule has 1 atom stereocenters. The van der Waals surface area contributed by atoms with Gasteiger partial charge < -0.3 is 10.5 Å². The number of rotatable bonds is 4. The molecule has 100 valence electrons. The third-order valence-corrected chi connectivity index (χ3v) is 4.47. The Bertz CT molecular complexity index is 397. The second-order valence-electron chi connectivity index (χ2n) is 4.74. The van der Waals surface area contributed by atoms with Crippen LogP contribution in [0.2, 0.25) is 0 Å². The van der Waals surface area contributed by atoms with Crippen molar-refractivity contribution in [2.45, 2.75) is 24.8 Å². The van der Waals surface area contributed by atoms with Gasteiger partial charge in [-0.3, -0.25) is 4.90 Å². The molecule has 0 amide bonds. The number of aryl methyl sites for hydroxylation is 1. The van der Waals surface area contributed by atoms with E-state index in [1.165, 1.54) is 10.5 Å². The van der Waals surface area contributed by atoms with E-state index in [0.717, 1.165) is 37.7 Å². The predicted octanol–water partition coefficient (Wildman–Crippen LogP) is 2.39. The second-order valence-corrected chi connectivity index (χ2v) is 5.80. The van der Waals surface area contributed by atoms with Gasteiger partial charge in [-0.15, -0.1) is 11.8 Å². The van der Waals surface area contributed by atoms with Crippen LogP contribution in [0.1, 0.15) is 12.5 Å². The summed E-state index contributed by atoms with van der Waals surface area (Å²) in [5, 5.41) is 0. The number of thioether (sulfide) groups is 1. The van der Waals surface area contributed by atoms with Crippen LogP contribution < -0.4 is 5.73 Å². The number of nitrogen functional groups attached to an aromatic ring is 1. The third-order valence-electron chi connectivity index (χ3n) is 3.26. The Morgan fingerprint density at radius 1 is 1.50 bits per heavy atom. The highest BCUT2D eigenvalue weighted by Crippen LogP contribution is 2.27. The van der Waals surface area contributed by atoms with Gasteiger partial charge in [-0.1, -0.05) is 13.0 Å². The Labute approximate surface area is 114 Å². The molecule has 4 heteroatoms. The monoisotopic (exact) mass is 266 g/mol. The zero-order chi connectivity index (χ0) is 13.0. The van der Waals surface area contributed by atoms with Gasteiger partial charge in [0.1, 0.15) is 0 Å². The highest BCUT2D eigenvalue weighted by atomic mass is 32.2. The number of hydrogen-bond donors (Lipinski definition) is 1. The molecule has 3 nitrogen and oxygen atoms in total. The van der Waals surface area contributed by atoms with Crippen molar-refractivity contribution in [3.63, 3.8) is 0 Å². The van der Waals surface area contributed by atoms with Gasteiger partial charge in [0.05, 0.1) is 12.7 Å². The summed E-state index contributed by atoms with van der Waals surface area (Å²) in [4.78, 5) is 3.61. The summed E-state index contributed by atoms with van der Waals surface area (Å²) >= 11 is 1.80. The molecule has 0 spiro atoms. The van der Waals surface area contributed by atoms with Crippen LogP contribution in [0.25, 0.3) is 0 Å². The third kappa shape index (κ3) is 3.64. The number of anilines is 1. The molecule has 1 aromatic rings. The number of morpholine rings is 1. The number of nitrogens with zero attached hydrogens (tertiary/aromatic N) is 1. The SMILES string of the molecule is CCN1CCOC(CSc2cc(C)ccc2N)C1. The van der Waals surface area contributed by atoms with Crippen molar-refractivity contribution in [1.29, 1.82) is 0 Å². The van der Waals surface area contributed by atoms with Gasteiger partial charge >= 0.3 is 0 Å². The normalized spacial score (nSPS) is 21.1. The Kier molecular flexibility index (Phi) is 4.92. The van der Waals surface area contributed by atoms with Gasteiger partial charge in [-0.2, -0.15) is 0 Å². The van der Waals surface area contributed by atoms with Crippen LogP contribution in [0, 0.1) is 6.92 Å². The van der Waals surface area contributed by atoms with Gasteiger partial charge in [-0.25, -0.2) is 0 Å². The van der Waals surface area contributed by atoms with Crippen LogP contribution >= 0.6 is 11.8 Å². The first-order valence-electron chi connectivity index (χ1n) is 6.52. The molecule has 1 fully saturated rings. The highest BCUT2D eigenvalue weighted by Gasteiger charge is 2.19. The summed E-state index contributed by atoms with van der Waals surface area (Å²) in [5.74, 6) is 0.976. The summed E-state index contributed by atoms with van der Waals surface area (Å²) in [5.41, 5.74) is 8.11. The molecule has 1 aromatic carbocycles. The van der Waals surface area contributed by atoms with E-state index in [9.17, 15) is 0 Å². The summed E-state index contributed by atoms with van der Waals surface area (Å²) in [7, 11) is 0. The van der Waals surface area contributed by atoms with Crippen LogP contribution in [-0.4, -0.2) is 43.0 Å². The molecule has 1 aliphatic rings. The lowest BCUT2D eigenvalue weighted by Crippen LogP contribution is -2.43. The molecule has 0 aliphatic carbocycles. The number of likely N-dealkylation sites (N-methyl/N-ethyl adjacent to an activating group) is 1. The minimum Gasteiger partial charge on any atom is -0.398 e. The van der Waals surface area contributed by atoms with Crippen LogP contribution in [0.3, 0.4) is 0 Å². The number of benzene rings is 1. The molecule has 2 rings (SSSR count). The zero-order valence-corrected chi connectivity index (χ0v) is 12.0. The lowest BCUT2D eigenvalue weighted by atomic mass is 10.2. The van der Waals surface area contributed by atoms with Crippen LogP contribution in [-0.2, 0) is 4.74 Å². The van der Waals surface area contributed by atoms with Crippen molar-refractivity contribution in [3.05, 3.63) is 23.8 Å². The Morgan fingerprint density at radius 3 is 3.11 bits per heavy atom. The quantitative estimate of drug-likeness (QED) is 0.671. The maximum absolute atomic E-state index is 5.99. The maximum Gasteiger partial charge on any atom is 0.0796 e. The van der Waals surface area contributed by atoms with Crippen molar-refractivity contribution < 1.29 is 4.74 Å². The Hall–Kier alpha value is -0.710.